The molecule has 1 aromatic heterocycles. The Balaban J connectivity index is 2.20. The molecule has 0 spiro atoms. The second-order valence-corrected chi connectivity index (χ2v) is 4.25. The maximum atomic E-state index is 11.2. The van der Waals surface area contributed by atoms with Crippen LogP contribution in [-0.2, 0) is 19.4 Å². The highest BCUT2D eigenvalue weighted by atomic mass is 16.4. The molecule has 1 heterocycles. The predicted octanol–water partition coefficient (Wildman–Crippen LogP) is 2.50. The molecule has 0 aliphatic rings. The van der Waals surface area contributed by atoms with Gasteiger partial charge < -0.3 is 9.67 Å². The average Bonchev–Trinajstić information content (AvgIpc) is 2.81. The molecule has 19 heavy (non-hydrogen) atoms. The Labute approximate surface area is 111 Å². The van der Waals surface area contributed by atoms with Crippen molar-refractivity contribution in [2.75, 3.05) is 0 Å². The van der Waals surface area contributed by atoms with Gasteiger partial charge in [-0.3, -0.25) is 0 Å². The van der Waals surface area contributed by atoms with Crippen LogP contribution in [0.5, 0.6) is 0 Å². The van der Waals surface area contributed by atoms with Gasteiger partial charge in [-0.25, -0.2) is 4.79 Å². The number of aromatic nitrogens is 1. The van der Waals surface area contributed by atoms with E-state index in [2.05, 4.69) is 0 Å². The second kappa shape index (κ2) is 5.87. The van der Waals surface area contributed by atoms with Crippen molar-refractivity contribution in [3.8, 4) is 6.07 Å². The van der Waals surface area contributed by atoms with Crippen molar-refractivity contribution in [2.45, 2.75) is 19.4 Å². The molecule has 1 aromatic carbocycles. The van der Waals surface area contributed by atoms with E-state index in [0.717, 1.165) is 12.0 Å². The first kappa shape index (κ1) is 12.9. The molecular formula is C15H14N2O2. The largest absolute Gasteiger partial charge is 0.478 e. The standard InChI is InChI=1S/C15H14N2O2/c16-9-11-17-10-8-13(15(18)19)14(17)7-6-12-4-2-1-3-5-12/h1-5,8,10H,6-7,11H2,(H,18,19). The summed E-state index contributed by atoms with van der Waals surface area (Å²) in [5, 5.41) is 17.9. The molecule has 2 aromatic rings. The van der Waals surface area contributed by atoms with Crippen LogP contribution < -0.4 is 0 Å². The number of hydrogen-bond acceptors (Lipinski definition) is 2. The summed E-state index contributed by atoms with van der Waals surface area (Å²) in [6, 6.07) is 13.5. The summed E-state index contributed by atoms with van der Waals surface area (Å²) in [6.45, 7) is 0.178. The zero-order valence-electron chi connectivity index (χ0n) is 10.4. The maximum Gasteiger partial charge on any atom is 0.337 e. The van der Waals surface area contributed by atoms with Gasteiger partial charge in [0.25, 0.3) is 0 Å². The second-order valence-electron chi connectivity index (χ2n) is 4.25. The van der Waals surface area contributed by atoms with E-state index in [4.69, 9.17) is 10.4 Å². The Morgan fingerprint density at radius 1 is 1.21 bits per heavy atom. The molecular weight excluding hydrogens is 240 g/mol. The van der Waals surface area contributed by atoms with Crippen LogP contribution in [0.2, 0.25) is 0 Å². The molecule has 0 atom stereocenters. The van der Waals surface area contributed by atoms with Crippen molar-refractivity contribution in [3.05, 3.63) is 59.4 Å². The minimum Gasteiger partial charge on any atom is -0.478 e. The minimum absolute atomic E-state index is 0.178. The van der Waals surface area contributed by atoms with Crippen LogP contribution in [0, 0.1) is 11.3 Å². The van der Waals surface area contributed by atoms with Gasteiger partial charge in [0.1, 0.15) is 6.54 Å². The number of aromatic carboxylic acids is 1. The lowest BCUT2D eigenvalue weighted by Gasteiger charge is -2.07. The summed E-state index contributed by atoms with van der Waals surface area (Å²) >= 11 is 0. The first-order chi connectivity index (χ1) is 9.22. The smallest absolute Gasteiger partial charge is 0.337 e. The molecule has 0 unspecified atom stereocenters. The number of carbonyl (C=O) groups is 1. The number of carboxylic acids is 1. The Morgan fingerprint density at radius 3 is 2.58 bits per heavy atom. The lowest BCUT2D eigenvalue weighted by atomic mass is 10.1. The number of rotatable bonds is 5. The zero-order chi connectivity index (χ0) is 13.7. The van der Waals surface area contributed by atoms with Gasteiger partial charge >= 0.3 is 5.97 Å². The molecule has 0 fully saturated rings. The molecule has 1 N–H and O–H groups in total. The van der Waals surface area contributed by atoms with E-state index in [9.17, 15) is 4.79 Å². The molecule has 0 aliphatic heterocycles. The van der Waals surface area contributed by atoms with Crippen LogP contribution >= 0.6 is 0 Å². The molecule has 0 radical (unpaired) electrons. The summed E-state index contributed by atoms with van der Waals surface area (Å²) < 4.78 is 1.70. The summed E-state index contributed by atoms with van der Waals surface area (Å²) in [7, 11) is 0. The van der Waals surface area contributed by atoms with Crippen LogP contribution in [0.4, 0.5) is 0 Å². The summed E-state index contributed by atoms with van der Waals surface area (Å²) in [5.74, 6) is -0.945. The molecule has 0 bridgehead atoms. The highest BCUT2D eigenvalue weighted by Crippen LogP contribution is 2.15. The van der Waals surface area contributed by atoms with E-state index in [1.807, 2.05) is 36.4 Å². The van der Waals surface area contributed by atoms with E-state index in [0.29, 0.717) is 12.1 Å². The fourth-order valence-corrected chi connectivity index (χ4v) is 2.11. The first-order valence-electron chi connectivity index (χ1n) is 6.04. The van der Waals surface area contributed by atoms with E-state index < -0.39 is 5.97 Å². The third-order valence-corrected chi connectivity index (χ3v) is 3.04. The Bertz CT molecular complexity index is 609. The topological polar surface area (TPSA) is 66.0 Å². The molecule has 4 nitrogen and oxygen atoms in total. The molecule has 4 heteroatoms. The molecule has 0 aliphatic carbocycles. The van der Waals surface area contributed by atoms with Crippen molar-refractivity contribution >= 4 is 5.97 Å². The van der Waals surface area contributed by atoms with Gasteiger partial charge in [-0.1, -0.05) is 30.3 Å². The Morgan fingerprint density at radius 2 is 1.95 bits per heavy atom. The number of carboxylic acid groups (broad SMARTS) is 1. The van der Waals surface area contributed by atoms with Gasteiger partial charge in [0.2, 0.25) is 0 Å². The van der Waals surface area contributed by atoms with Crippen LogP contribution in [0.3, 0.4) is 0 Å². The minimum atomic E-state index is -0.945. The molecule has 0 saturated carbocycles. The fraction of sp³-hybridized carbons (Fsp3) is 0.200. The molecule has 2 rings (SSSR count). The van der Waals surface area contributed by atoms with Crippen molar-refractivity contribution in [1.82, 2.24) is 4.57 Å². The van der Waals surface area contributed by atoms with Gasteiger partial charge in [0.05, 0.1) is 11.6 Å². The summed E-state index contributed by atoms with van der Waals surface area (Å²) in [6.07, 6.45) is 3.03. The highest BCUT2D eigenvalue weighted by Gasteiger charge is 2.14. The third-order valence-electron chi connectivity index (χ3n) is 3.04. The monoisotopic (exact) mass is 254 g/mol. The Hall–Kier alpha value is -2.54. The summed E-state index contributed by atoms with van der Waals surface area (Å²) in [4.78, 5) is 11.2. The number of hydrogen-bond donors (Lipinski definition) is 1. The van der Waals surface area contributed by atoms with E-state index >= 15 is 0 Å². The van der Waals surface area contributed by atoms with Gasteiger partial charge in [0.15, 0.2) is 0 Å². The van der Waals surface area contributed by atoms with Gasteiger partial charge in [-0.2, -0.15) is 5.26 Å². The molecule has 0 saturated heterocycles. The van der Waals surface area contributed by atoms with E-state index in [-0.39, 0.29) is 12.1 Å². The van der Waals surface area contributed by atoms with E-state index in [1.54, 1.807) is 16.8 Å². The number of aryl methyl sites for hydroxylation is 1. The van der Waals surface area contributed by atoms with Crippen molar-refractivity contribution in [2.24, 2.45) is 0 Å². The molecule has 96 valence electrons. The van der Waals surface area contributed by atoms with Crippen LogP contribution in [0.15, 0.2) is 42.6 Å². The van der Waals surface area contributed by atoms with Crippen molar-refractivity contribution < 1.29 is 9.90 Å². The van der Waals surface area contributed by atoms with Gasteiger partial charge in [-0.15, -0.1) is 0 Å². The third kappa shape index (κ3) is 3.02. The van der Waals surface area contributed by atoms with E-state index in [1.165, 1.54) is 0 Å². The van der Waals surface area contributed by atoms with Gasteiger partial charge in [-0.05, 0) is 24.5 Å². The van der Waals surface area contributed by atoms with Crippen molar-refractivity contribution in [3.63, 3.8) is 0 Å². The van der Waals surface area contributed by atoms with Crippen LogP contribution in [0.1, 0.15) is 21.6 Å². The predicted molar refractivity (Wildman–Crippen MR) is 70.9 cm³/mol. The van der Waals surface area contributed by atoms with Crippen molar-refractivity contribution in [1.29, 1.82) is 5.26 Å². The van der Waals surface area contributed by atoms with Crippen LogP contribution in [0.25, 0.3) is 0 Å². The zero-order valence-corrected chi connectivity index (χ0v) is 10.4. The fourth-order valence-electron chi connectivity index (χ4n) is 2.11. The quantitative estimate of drug-likeness (QED) is 0.891. The highest BCUT2D eigenvalue weighted by molar-refractivity contribution is 5.89. The number of nitrogens with zero attached hydrogens (tertiary/aromatic N) is 2. The lowest BCUT2D eigenvalue weighted by molar-refractivity contribution is 0.0695. The van der Waals surface area contributed by atoms with Gasteiger partial charge in [0, 0.05) is 11.9 Å². The average molecular weight is 254 g/mol. The van der Waals surface area contributed by atoms with Crippen LogP contribution in [-0.4, -0.2) is 15.6 Å². The number of benzene rings is 1. The maximum absolute atomic E-state index is 11.2. The Kier molecular flexibility index (Phi) is 3.99. The SMILES string of the molecule is N#CCn1ccc(C(=O)O)c1CCc1ccccc1. The lowest BCUT2D eigenvalue weighted by Crippen LogP contribution is -2.08. The normalized spacial score (nSPS) is 10.1. The number of nitriles is 1. The molecule has 0 amide bonds. The first-order valence-corrected chi connectivity index (χ1v) is 6.04. The summed E-state index contributed by atoms with van der Waals surface area (Å²) in [5.41, 5.74) is 2.15.